The van der Waals surface area contributed by atoms with E-state index in [4.69, 9.17) is 14.2 Å². The molecule has 5 nitrogen and oxygen atoms in total. The maximum Gasteiger partial charge on any atom is 0.150 e. The molecule has 0 bridgehead atoms. The second kappa shape index (κ2) is 14.4. The molecule has 0 saturated heterocycles. The van der Waals surface area contributed by atoms with E-state index in [9.17, 15) is 9.90 Å². The van der Waals surface area contributed by atoms with Gasteiger partial charge >= 0.3 is 0 Å². The summed E-state index contributed by atoms with van der Waals surface area (Å²) < 4.78 is 18.8. The Morgan fingerprint density at radius 3 is 1.71 bits per heavy atom. The van der Waals surface area contributed by atoms with Gasteiger partial charge in [-0.1, -0.05) is 115 Å². The van der Waals surface area contributed by atoms with Crippen molar-refractivity contribution in [3.05, 3.63) is 143 Å². The van der Waals surface area contributed by atoms with E-state index < -0.39 is 5.60 Å². The van der Waals surface area contributed by atoms with Crippen molar-refractivity contribution in [3.8, 4) is 0 Å². The molecule has 5 heteroatoms. The molecular formula is C33H34O5. The van der Waals surface area contributed by atoms with Crippen molar-refractivity contribution in [3.63, 3.8) is 0 Å². The summed E-state index contributed by atoms with van der Waals surface area (Å²) in [6, 6.07) is 38.0. The molecule has 0 aromatic heterocycles. The van der Waals surface area contributed by atoms with Crippen LogP contribution >= 0.6 is 0 Å². The summed E-state index contributed by atoms with van der Waals surface area (Å²) in [6.45, 7) is 1.35. The summed E-state index contributed by atoms with van der Waals surface area (Å²) in [4.78, 5) is 10.9. The Hall–Kier alpha value is -3.61. The first kappa shape index (κ1) is 27.4. The highest BCUT2D eigenvalue weighted by atomic mass is 16.5. The van der Waals surface area contributed by atoms with Crippen molar-refractivity contribution >= 4 is 6.29 Å². The Balaban J connectivity index is 1.53. The molecular weight excluding hydrogens is 476 g/mol. The molecule has 0 radical (unpaired) electrons. The molecule has 0 heterocycles. The van der Waals surface area contributed by atoms with Crippen LogP contribution in [0.1, 0.15) is 39.0 Å². The molecule has 38 heavy (non-hydrogen) atoms. The van der Waals surface area contributed by atoms with Gasteiger partial charge < -0.3 is 19.3 Å². The molecule has 0 aliphatic carbocycles. The predicted octanol–water partition coefficient (Wildman–Crippen LogP) is 5.79. The van der Waals surface area contributed by atoms with Crippen molar-refractivity contribution in [2.45, 2.75) is 24.7 Å². The number of carbonyl (C=O) groups is 1. The molecule has 1 atom stereocenters. The summed E-state index contributed by atoms with van der Waals surface area (Å²) in [5, 5.41) is 9.42. The van der Waals surface area contributed by atoms with Crippen LogP contribution in [0.4, 0.5) is 0 Å². The van der Waals surface area contributed by atoms with Crippen LogP contribution in [0.15, 0.2) is 115 Å². The van der Waals surface area contributed by atoms with E-state index in [1.807, 2.05) is 66.7 Å². The van der Waals surface area contributed by atoms with Gasteiger partial charge in [-0.3, -0.25) is 4.79 Å². The molecule has 4 rings (SSSR count). The second-order valence-corrected chi connectivity index (χ2v) is 9.01. The number of ether oxygens (including phenoxy) is 3. The predicted molar refractivity (Wildman–Crippen MR) is 148 cm³/mol. The van der Waals surface area contributed by atoms with Crippen LogP contribution in [0.25, 0.3) is 0 Å². The monoisotopic (exact) mass is 510 g/mol. The van der Waals surface area contributed by atoms with E-state index in [0.29, 0.717) is 31.8 Å². The minimum Gasteiger partial charge on any atom is -0.394 e. The third-order valence-electron chi connectivity index (χ3n) is 6.44. The molecule has 0 aliphatic heterocycles. The van der Waals surface area contributed by atoms with E-state index in [0.717, 1.165) is 28.5 Å². The van der Waals surface area contributed by atoms with Crippen LogP contribution in [0.2, 0.25) is 0 Å². The van der Waals surface area contributed by atoms with Gasteiger partial charge in [0.05, 0.1) is 32.5 Å². The first-order valence-corrected chi connectivity index (χ1v) is 12.9. The van der Waals surface area contributed by atoms with Gasteiger partial charge in [0, 0.05) is 12.2 Å². The lowest BCUT2D eigenvalue weighted by molar-refractivity contribution is -0.0796. The standard InChI is InChI=1S/C33H34O5/c34-21-23-37-32(20-22-36-25-28-18-16-27(24-35)17-19-28)26-38-33(29-10-4-1-5-11-29,30-12-6-2-7-13-30)31-14-8-3-9-15-31/h1-19,24,32,34H,20-23,25-26H2. The van der Waals surface area contributed by atoms with Gasteiger partial charge in [-0.2, -0.15) is 0 Å². The van der Waals surface area contributed by atoms with Crippen molar-refractivity contribution in [1.29, 1.82) is 0 Å². The minimum atomic E-state index is -0.841. The van der Waals surface area contributed by atoms with Crippen LogP contribution in [-0.4, -0.2) is 43.9 Å². The summed E-state index contributed by atoms with van der Waals surface area (Å²) >= 11 is 0. The van der Waals surface area contributed by atoms with Crippen LogP contribution in [0.3, 0.4) is 0 Å². The zero-order valence-corrected chi connectivity index (χ0v) is 21.4. The largest absolute Gasteiger partial charge is 0.394 e. The fourth-order valence-corrected chi connectivity index (χ4v) is 4.52. The number of carbonyl (C=O) groups excluding carboxylic acids is 1. The van der Waals surface area contributed by atoms with Crippen molar-refractivity contribution in [2.75, 3.05) is 26.4 Å². The molecule has 0 saturated carbocycles. The van der Waals surface area contributed by atoms with E-state index in [2.05, 4.69) is 36.4 Å². The molecule has 4 aromatic rings. The maximum atomic E-state index is 10.9. The third-order valence-corrected chi connectivity index (χ3v) is 6.44. The molecule has 0 fully saturated rings. The first-order chi connectivity index (χ1) is 18.8. The van der Waals surface area contributed by atoms with Gasteiger partial charge in [-0.05, 0) is 28.7 Å². The molecule has 0 aliphatic rings. The number of aldehydes is 1. The van der Waals surface area contributed by atoms with Gasteiger partial charge in [0.2, 0.25) is 0 Å². The number of benzene rings is 4. The van der Waals surface area contributed by atoms with E-state index in [1.54, 1.807) is 12.1 Å². The van der Waals surface area contributed by atoms with E-state index >= 15 is 0 Å². The topological polar surface area (TPSA) is 65.0 Å². The highest BCUT2D eigenvalue weighted by Crippen LogP contribution is 2.40. The second-order valence-electron chi connectivity index (χ2n) is 9.01. The zero-order valence-electron chi connectivity index (χ0n) is 21.4. The van der Waals surface area contributed by atoms with Crippen molar-refractivity contribution < 1.29 is 24.1 Å². The quantitative estimate of drug-likeness (QED) is 0.125. The van der Waals surface area contributed by atoms with Crippen molar-refractivity contribution in [1.82, 2.24) is 0 Å². The molecule has 0 amide bonds. The number of aliphatic hydroxyl groups excluding tert-OH is 1. The normalized spacial score (nSPS) is 12.2. The lowest BCUT2D eigenvalue weighted by Crippen LogP contribution is -2.37. The van der Waals surface area contributed by atoms with Gasteiger partial charge in [-0.15, -0.1) is 0 Å². The Kier molecular flexibility index (Phi) is 10.4. The first-order valence-electron chi connectivity index (χ1n) is 12.9. The molecule has 1 unspecified atom stereocenters. The van der Waals surface area contributed by atoms with E-state index in [-0.39, 0.29) is 19.3 Å². The van der Waals surface area contributed by atoms with Gasteiger partial charge in [-0.25, -0.2) is 0 Å². The van der Waals surface area contributed by atoms with Gasteiger partial charge in [0.25, 0.3) is 0 Å². The number of hydrogen-bond donors (Lipinski definition) is 1. The summed E-state index contributed by atoms with van der Waals surface area (Å²) in [6.07, 6.45) is 1.14. The van der Waals surface area contributed by atoms with Crippen LogP contribution in [0, 0.1) is 0 Å². The Labute approximate surface area is 224 Å². The fraction of sp³-hybridized carbons (Fsp3) is 0.242. The average molecular weight is 511 g/mol. The third kappa shape index (κ3) is 7.03. The molecule has 196 valence electrons. The smallest absolute Gasteiger partial charge is 0.150 e. The van der Waals surface area contributed by atoms with Crippen molar-refractivity contribution in [2.24, 2.45) is 0 Å². The molecule has 0 spiro atoms. The Bertz CT molecular complexity index is 1110. The minimum absolute atomic E-state index is 0.0678. The fourth-order valence-electron chi connectivity index (χ4n) is 4.52. The van der Waals surface area contributed by atoms with Crippen LogP contribution in [-0.2, 0) is 26.4 Å². The number of hydrogen-bond acceptors (Lipinski definition) is 5. The van der Waals surface area contributed by atoms with Gasteiger partial charge in [0.1, 0.15) is 11.9 Å². The maximum absolute atomic E-state index is 10.9. The SMILES string of the molecule is O=Cc1ccc(COCCC(COC(c2ccccc2)(c2ccccc2)c2ccccc2)OCCO)cc1. The molecule has 4 aromatic carbocycles. The lowest BCUT2D eigenvalue weighted by Gasteiger charge is -2.37. The number of rotatable bonds is 15. The summed E-state index contributed by atoms with van der Waals surface area (Å²) in [5.74, 6) is 0. The molecule has 1 N–H and O–H groups in total. The summed E-state index contributed by atoms with van der Waals surface area (Å²) in [5.41, 5.74) is 3.86. The Morgan fingerprint density at radius 2 is 1.24 bits per heavy atom. The van der Waals surface area contributed by atoms with Gasteiger partial charge in [0.15, 0.2) is 0 Å². The number of aliphatic hydroxyl groups is 1. The summed E-state index contributed by atoms with van der Waals surface area (Å²) in [7, 11) is 0. The zero-order chi connectivity index (χ0) is 26.5. The van der Waals surface area contributed by atoms with E-state index in [1.165, 1.54) is 0 Å². The average Bonchev–Trinajstić information content (AvgIpc) is 3.00. The highest BCUT2D eigenvalue weighted by Gasteiger charge is 2.38. The Morgan fingerprint density at radius 1 is 0.711 bits per heavy atom. The highest BCUT2D eigenvalue weighted by molar-refractivity contribution is 5.74. The van der Waals surface area contributed by atoms with Crippen LogP contribution < -0.4 is 0 Å². The lowest BCUT2D eigenvalue weighted by atomic mass is 9.80. The van der Waals surface area contributed by atoms with Crippen LogP contribution in [0.5, 0.6) is 0 Å².